The highest BCUT2D eigenvalue weighted by Crippen LogP contribution is 2.38. The molecule has 7 nitrogen and oxygen atoms in total. The van der Waals surface area contributed by atoms with Crippen molar-refractivity contribution in [2.24, 2.45) is 0 Å². The van der Waals surface area contributed by atoms with Gasteiger partial charge in [-0.2, -0.15) is 0 Å². The Morgan fingerprint density at radius 2 is 1.84 bits per heavy atom. The summed E-state index contributed by atoms with van der Waals surface area (Å²) in [5, 5.41) is 16.2. The minimum Gasteiger partial charge on any atom is -0.493 e. The minimum absolute atomic E-state index is 0.119. The highest BCUT2D eigenvalue weighted by molar-refractivity contribution is 5.91. The van der Waals surface area contributed by atoms with Crippen LogP contribution in [0.5, 0.6) is 11.5 Å². The van der Waals surface area contributed by atoms with Crippen LogP contribution >= 0.6 is 0 Å². The number of ether oxygens (including phenoxy) is 2. The summed E-state index contributed by atoms with van der Waals surface area (Å²) in [6.45, 7) is 2.32. The number of nitrogens with one attached hydrogen (secondary N) is 2. The van der Waals surface area contributed by atoms with Crippen LogP contribution < -0.4 is 20.1 Å². The van der Waals surface area contributed by atoms with E-state index in [9.17, 15) is 14.7 Å². The number of aryl methyl sites for hydroxylation is 1. The molecule has 2 aromatic rings. The zero-order chi connectivity index (χ0) is 22.4. The van der Waals surface area contributed by atoms with Gasteiger partial charge in [-0.25, -0.2) is 0 Å². The van der Waals surface area contributed by atoms with E-state index in [0.29, 0.717) is 23.6 Å². The average Bonchev–Trinajstić information content (AvgIpc) is 2.80. The molecule has 166 valence electrons. The summed E-state index contributed by atoms with van der Waals surface area (Å²) in [5.74, 6) is -0.114. The van der Waals surface area contributed by atoms with Gasteiger partial charge in [0.05, 0.1) is 14.2 Å². The van der Waals surface area contributed by atoms with Crippen LogP contribution in [0.3, 0.4) is 0 Å². The van der Waals surface area contributed by atoms with E-state index < -0.39 is 17.7 Å². The third kappa shape index (κ3) is 4.73. The minimum atomic E-state index is -1.30. The summed E-state index contributed by atoms with van der Waals surface area (Å²) in [6, 6.07) is 12.8. The van der Waals surface area contributed by atoms with Crippen molar-refractivity contribution >= 4 is 11.8 Å². The van der Waals surface area contributed by atoms with Crippen molar-refractivity contribution in [3.63, 3.8) is 0 Å². The molecule has 31 heavy (non-hydrogen) atoms. The molecule has 2 unspecified atom stereocenters. The van der Waals surface area contributed by atoms with Crippen LogP contribution in [0.25, 0.3) is 0 Å². The second-order valence-corrected chi connectivity index (χ2v) is 7.65. The van der Waals surface area contributed by atoms with Crippen molar-refractivity contribution in [3.8, 4) is 11.5 Å². The number of Topliss-reactive ketones (excluding diaryl/α,β-unsaturated/α-hetero) is 1. The van der Waals surface area contributed by atoms with E-state index in [-0.39, 0.29) is 18.6 Å². The van der Waals surface area contributed by atoms with Gasteiger partial charge in [-0.1, -0.05) is 37.3 Å². The lowest BCUT2D eigenvalue weighted by Gasteiger charge is -2.42. The van der Waals surface area contributed by atoms with Gasteiger partial charge in [0.1, 0.15) is 6.04 Å². The molecule has 0 spiro atoms. The van der Waals surface area contributed by atoms with Crippen LogP contribution in [0.15, 0.2) is 42.5 Å². The van der Waals surface area contributed by atoms with Crippen LogP contribution in [0.2, 0.25) is 0 Å². The van der Waals surface area contributed by atoms with Gasteiger partial charge in [0.2, 0.25) is 0 Å². The molecule has 3 rings (SSSR count). The van der Waals surface area contributed by atoms with Crippen molar-refractivity contribution in [1.82, 2.24) is 10.6 Å². The van der Waals surface area contributed by atoms with Crippen LogP contribution in [-0.4, -0.2) is 43.7 Å². The number of ketones is 1. The maximum Gasteiger partial charge on any atom is 0.321 e. The number of aliphatic carboxylic acids is 1. The Morgan fingerprint density at radius 1 is 1.16 bits per heavy atom. The number of carboxylic acid groups (broad SMARTS) is 1. The zero-order valence-corrected chi connectivity index (χ0v) is 18.2. The normalized spacial score (nSPS) is 20.0. The fraction of sp³-hybridized carbons (Fsp3) is 0.417. The smallest absolute Gasteiger partial charge is 0.321 e. The molecule has 2 atom stereocenters. The van der Waals surface area contributed by atoms with Crippen molar-refractivity contribution in [2.45, 2.75) is 44.3 Å². The van der Waals surface area contributed by atoms with Gasteiger partial charge in [-0.05, 0) is 49.1 Å². The third-order valence-corrected chi connectivity index (χ3v) is 5.74. The number of hydrogen-bond donors (Lipinski definition) is 3. The van der Waals surface area contributed by atoms with E-state index in [1.165, 1.54) is 19.8 Å². The monoisotopic (exact) mass is 426 g/mol. The molecule has 0 fully saturated rings. The largest absolute Gasteiger partial charge is 0.493 e. The van der Waals surface area contributed by atoms with Gasteiger partial charge in [0.15, 0.2) is 22.9 Å². The topological polar surface area (TPSA) is 96.9 Å². The number of methoxy groups -OCH3 is 2. The lowest BCUT2D eigenvalue weighted by Crippen LogP contribution is -2.66. The number of carbonyl (C=O) groups excluding carboxylic acids is 1. The molecule has 2 aromatic carbocycles. The molecule has 0 aromatic heterocycles. The van der Waals surface area contributed by atoms with Crippen molar-refractivity contribution in [1.29, 1.82) is 0 Å². The SMILES string of the molecule is CCC(=O)C1(NCCCc2ccccc2)NC(C(=O)O)Cc2cc(OC)c(OC)cc21. The molecule has 1 heterocycles. The molecule has 3 N–H and O–H groups in total. The Labute approximate surface area is 182 Å². The van der Waals surface area contributed by atoms with Crippen LogP contribution in [0.4, 0.5) is 0 Å². The third-order valence-electron chi connectivity index (χ3n) is 5.74. The Hall–Kier alpha value is -2.90. The van der Waals surface area contributed by atoms with Gasteiger partial charge < -0.3 is 14.6 Å². The summed E-state index contributed by atoms with van der Waals surface area (Å²) in [5.41, 5.74) is 1.35. The second-order valence-electron chi connectivity index (χ2n) is 7.65. The summed E-state index contributed by atoms with van der Waals surface area (Å²) >= 11 is 0. The number of fused-ring (bicyclic) bond motifs is 1. The molecular weight excluding hydrogens is 396 g/mol. The first kappa shape index (κ1) is 22.8. The van der Waals surface area contributed by atoms with Gasteiger partial charge in [-0.15, -0.1) is 0 Å². The van der Waals surface area contributed by atoms with Crippen LogP contribution in [0, 0.1) is 0 Å². The maximum atomic E-state index is 13.2. The molecule has 0 bridgehead atoms. The summed E-state index contributed by atoms with van der Waals surface area (Å²) in [7, 11) is 3.07. The molecule has 0 saturated heterocycles. The molecule has 0 saturated carbocycles. The van der Waals surface area contributed by atoms with Crippen LogP contribution in [0.1, 0.15) is 36.5 Å². The van der Waals surface area contributed by atoms with E-state index in [4.69, 9.17) is 9.47 Å². The van der Waals surface area contributed by atoms with Crippen LogP contribution in [-0.2, 0) is 28.1 Å². The molecule has 1 aliphatic heterocycles. The fourth-order valence-corrected chi connectivity index (χ4v) is 4.15. The molecule has 0 radical (unpaired) electrons. The number of carbonyl (C=O) groups is 2. The lowest BCUT2D eigenvalue weighted by molar-refractivity contribution is -0.141. The lowest BCUT2D eigenvalue weighted by atomic mass is 9.81. The molecule has 1 aliphatic rings. The van der Waals surface area contributed by atoms with Crippen molar-refractivity contribution in [2.75, 3.05) is 20.8 Å². The first-order valence-electron chi connectivity index (χ1n) is 10.5. The standard InChI is InChI=1S/C24H30N2O5/c1-4-22(27)24(25-12-8-11-16-9-6-5-7-10-16)18-15-21(31-3)20(30-2)14-17(18)13-19(26-24)23(28)29/h5-7,9-10,14-15,19,25-26H,4,8,11-13H2,1-3H3,(H,28,29). The number of benzene rings is 2. The summed E-state index contributed by atoms with van der Waals surface area (Å²) in [4.78, 5) is 25.1. The highest BCUT2D eigenvalue weighted by Gasteiger charge is 2.47. The second kappa shape index (κ2) is 9.94. The summed E-state index contributed by atoms with van der Waals surface area (Å²) in [6.07, 6.45) is 2.14. The maximum absolute atomic E-state index is 13.2. The van der Waals surface area contributed by atoms with E-state index in [1.807, 2.05) is 18.2 Å². The average molecular weight is 427 g/mol. The van der Waals surface area contributed by atoms with E-state index in [0.717, 1.165) is 18.4 Å². The van der Waals surface area contributed by atoms with E-state index >= 15 is 0 Å². The first-order chi connectivity index (χ1) is 14.9. The molecular formula is C24H30N2O5. The Morgan fingerprint density at radius 3 is 2.45 bits per heavy atom. The van der Waals surface area contributed by atoms with Gasteiger partial charge >= 0.3 is 5.97 Å². The van der Waals surface area contributed by atoms with Gasteiger partial charge in [0.25, 0.3) is 0 Å². The highest BCUT2D eigenvalue weighted by atomic mass is 16.5. The quantitative estimate of drug-likeness (QED) is 0.503. The summed E-state index contributed by atoms with van der Waals surface area (Å²) < 4.78 is 10.9. The Balaban J connectivity index is 1.96. The fourth-order valence-electron chi connectivity index (χ4n) is 4.15. The number of hydrogen-bond acceptors (Lipinski definition) is 6. The van der Waals surface area contributed by atoms with Gasteiger partial charge in [-0.3, -0.25) is 20.2 Å². The predicted molar refractivity (Wildman–Crippen MR) is 118 cm³/mol. The molecule has 0 amide bonds. The molecule has 0 aliphatic carbocycles. The van der Waals surface area contributed by atoms with E-state index in [1.54, 1.807) is 19.1 Å². The Bertz CT molecular complexity index is 931. The number of rotatable bonds is 10. The number of carboxylic acids is 1. The Kier molecular flexibility index (Phi) is 7.30. The predicted octanol–water partition coefficient (Wildman–Crippen LogP) is 2.66. The first-order valence-corrected chi connectivity index (χ1v) is 10.5. The zero-order valence-electron chi connectivity index (χ0n) is 18.2. The van der Waals surface area contributed by atoms with Gasteiger partial charge in [0, 0.05) is 12.0 Å². The van der Waals surface area contributed by atoms with E-state index in [2.05, 4.69) is 22.8 Å². The molecule has 7 heteroatoms. The van der Waals surface area contributed by atoms with Crippen molar-refractivity contribution in [3.05, 3.63) is 59.2 Å². The van der Waals surface area contributed by atoms with Crippen molar-refractivity contribution < 1.29 is 24.2 Å².